The highest BCUT2D eigenvalue weighted by molar-refractivity contribution is 5.73. The molecule has 0 saturated carbocycles. The zero-order chi connectivity index (χ0) is 29.4. The summed E-state index contributed by atoms with van der Waals surface area (Å²) in [4.78, 5) is 22.8. The van der Waals surface area contributed by atoms with Gasteiger partial charge in [-0.05, 0) is 18.1 Å². The van der Waals surface area contributed by atoms with E-state index in [2.05, 4.69) is 34.1 Å². The van der Waals surface area contributed by atoms with E-state index in [0.29, 0.717) is 5.92 Å². The maximum atomic E-state index is 10.6. The summed E-state index contributed by atoms with van der Waals surface area (Å²) in [6.07, 6.45) is -4.32. The molecule has 39 heavy (non-hydrogen) atoms. The van der Waals surface area contributed by atoms with Gasteiger partial charge in [0.05, 0.1) is 32.2 Å². The largest absolute Gasteiger partial charge is 0.490 e. The van der Waals surface area contributed by atoms with Crippen LogP contribution in [-0.4, -0.2) is 93.5 Å². The van der Waals surface area contributed by atoms with E-state index < -0.39 is 24.3 Å². The summed E-state index contributed by atoms with van der Waals surface area (Å²) < 4.78 is 76.9. The molecule has 2 saturated heterocycles. The second kappa shape index (κ2) is 13.3. The molecule has 0 unspecified atom stereocenters. The first-order chi connectivity index (χ1) is 18.0. The number of furan rings is 1. The summed E-state index contributed by atoms with van der Waals surface area (Å²) in [7, 11) is 1.97. The van der Waals surface area contributed by atoms with Gasteiger partial charge in [0.1, 0.15) is 5.76 Å². The third-order valence-electron chi connectivity index (χ3n) is 6.20. The fourth-order valence-corrected chi connectivity index (χ4v) is 4.37. The highest BCUT2D eigenvalue weighted by Crippen LogP contribution is 2.39. The first-order valence-corrected chi connectivity index (χ1v) is 11.6. The van der Waals surface area contributed by atoms with Crippen LogP contribution in [0.3, 0.4) is 0 Å². The van der Waals surface area contributed by atoms with Gasteiger partial charge in [0, 0.05) is 56.9 Å². The predicted octanol–water partition coefficient (Wildman–Crippen LogP) is 3.25. The molecule has 0 aliphatic carbocycles. The topological polar surface area (TPSA) is 121 Å². The number of likely N-dealkylation sites (tertiary alicyclic amines) is 1. The summed E-state index contributed by atoms with van der Waals surface area (Å²) >= 11 is 0. The lowest BCUT2D eigenvalue weighted by molar-refractivity contribution is -0.193. The summed E-state index contributed by atoms with van der Waals surface area (Å²) in [5.41, 5.74) is 1.48. The molecule has 2 atom stereocenters. The van der Waals surface area contributed by atoms with Gasteiger partial charge >= 0.3 is 24.3 Å². The van der Waals surface area contributed by atoms with E-state index in [4.69, 9.17) is 29.0 Å². The number of nitrogens with zero attached hydrogens (tertiary/aromatic N) is 4. The Morgan fingerprint density at radius 1 is 1.08 bits per heavy atom. The molecule has 2 aliphatic heterocycles. The van der Waals surface area contributed by atoms with Crippen molar-refractivity contribution in [3.05, 3.63) is 42.1 Å². The number of hydrogen-bond donors (Lipinski definition) is 2. The molecule has 4 rings (SSSR count). The average molecular weight is 573 g/mol. The minimum Gasteiger partial charge on any atom is -0.475 e. The van der Waals surface area contributed by atoms with Crippen LogP contribution in [0, 0.1) is 11.3 Å². The Morgan fingerprint density at radius 3 is 2.15 bits per heavy atom. The third-order valence-corrected chi connectivity index (χ3v) is 6.20. The normalized spacial score (nSPS) is 22.4. The van der Waals surface area contributed by atoms with Crippen LogP contribution >= 0.6 is 0 Å². The standard InChI is InChI=1S/C19H28N4O2.2C2HF3O2/c1-16-9-23(12-18-4-3-6-25-18)14-19(16)13-22(5-7-24-15-19)11-17-8-20-21(2)10-17;2*3-2(4,5)1(6)7/h3-4,6,8,10,16H,5,7,9,11-15H2,1-2H3;2*(H,6,7)/t16-,19-;;/m0../s1. The van der Waals surface area contributed by atoms with Crippen molar-refractivity contribution in [2.75, 3.05) is 39.4 Å². The number of aliphatic carboxylic acids is 2. The van der Waals surface area contributed by atoms with Crippen LogP contribution in [0.25, 0.3) is 0 Å². The number of alkyl halides is 6. The lowest BCUT2D eigenvalue weighted by Gasteiger charge is -2.35. The number of hydrogen-bond acceptors (Lipinski definition) is 7. The van der Waals surface area contributed by atoms with Crippen LogP contribution in [0.2, 0.25) is 0 Å². The van der Waals surface area contributed by atoms with Crippen LogP contribution < -0.4 is 0 Å². The molecule has 1 spiro atoms. The quantitative estimate of drug-likeness (QED) is 0.532. The van der Waals surface area contributed by atoms with Gasteiger partial charge in [-0.2, -0.15) is 31.4 Å². The van der Waals surface area contributed by atoms with Gasteiger partial charge in [0.2, 0.25) is 0 Å². The van der Waals surface area contributed by atoms with Crippen LogP contribution in [-0.2, 0) is 34.5 Å². The molecule has 0 bridgehead atoms. The van der Waals surface area contributed by atoms with Gasteiger partial charge in [0.15, 0.2) is 0 Å². The molecule has 2 aromatic heterocycles. The Labute approximate surface area is 219 Å². The monoisotopic (exact) mass is 572 g/mol. The van der Waals surface area contributed by atoms with Gasteiger partial charge in [-0.25, -0.2) is 9.59 Å². The molecule has 2 N–H and O–H groups in total. The Hall–Kier alpha value is -3.11. The highest BCUT2D eigenvalue weighted by Gasteiger charge is 2.46. The Morgan fingerprint density at radius 2 is 1.67 bits per heavy atom. The van der Waals surface area contributed by atoms with E-state index in [0.717, 1.165) is 58.2 Å². The third kappa shape index (κ3) is 10.2. The first-order valence-electron chi connectivity index (χ1n) is 11.6. The summed E-state index contributed by atoms with van der Waals surface area (Å²) in [6, 6.07) is 4.03. The molecule has 0 radical (unpaired) electrons. The van der Waals surface area contributed by atoms with E-state index in [1.54, 1.807) is 6.26 Å². The molecular formula is C23H30F6N4O6. The number of carboxylic acid groups (broad SMARTS) is 2. The molecule has 4 heterocycles. The molecule has 2 fully saturated rings. The molecule has 220 valence electrons. The van der Waals surface area contributed by atoms with Crippen molar-refractivity contribution >= 4 is 11.9 Å². The fourth-order valence-electron chi connectivity index (χ4n) is 4.37. The number of halogens is 6. The summed E-state index contributed by atoms with van der Waals surface area (Å²) in [6.45, 7) is 10.1. The molecule has 2 aliphatic rings. The van der Waals surface area contributed by atoms with Gasteiger partial charge in [-0.3, -0.25) is 14.5 Å². The lowest BCUT2D eigenvalue weighted by atomic mass is 9.79. The summed E-state index contributed by atoms with van der Waals surface area (Å²) in [5, 5.41) is 18.6. The number of rotatable bonds is 4. The van der Waals surface area contributed by atoms with Crippen molar-refractivity contribution in [3.8, 4) is 0 Å². The van der Waals surface area contributed by atoms with Crippen molar-refractivity contribution in [1.29, 1.82) is 0 Å². The second-order valence-electron chi connectivity index (χ2n) is 9.40. The highest BCUT2D eigenvalue weighted by atomic mass is 19.4. The number of carbonyl (C=O) groups is 2. The minimum atomic E-state index is -5.08. The molecule has 0 amide bonds. The molecule has 2 aromatic rings. The zero-order valence-corrected chi connectivity index (χ0v) is 21.2. The van der Waals surface area contributed by atoms with Crippen molar-refractivity contribution < 1.29 is 55.3 Å². The van der Waals surface area contributed by atoms with Crippen LogP contribution in [0.5, 0.6) is 0 Å². The SMILES string of the molecule is C[C@H]1CN(Cc2ccco2)C[C@@]12COCCN(Cc1cnn(C)c1)C2.O=C(O)C(F)(F)F.O=C(O)C(F)(F)F. The van der Waals surface area contributed by atoms with Gasteiger partial charge in [0.25, 0.3) is 0 Å². The molecular weight excluding hydrogens is 542 g/mol. The Balaban J connectivity index is 0.000000317. The smallest absolute Gasteiger partial charge is 0.475 e. The van der Waals surface area contributed by atoms with Crippen molar-refractivity contribution in [2.45, 2.75) is 32.4 Å². The fraction of sp³-hybridized carbons (Fsp3) is 0.609. The maximum absolute atomic E-state index is 10.6. The number of aromatic nitrogens is 2. The first kappa shape index (κ1) is 32.1. The zero-order valence-electron chi connectivity index (χ0n) is 21.2. The van der Waals surface area contributed by atoms with Crippen LogP contribution in [0.1, 0.15) is 18.2 Å². The second-order valence-corrected chi connectivity index (χ2v) is 9.40. The molecule has 0 aromatic carbocycles. The molecule has 10 nitrogen and oxygen atoms in total. The van der Waals surface area contributed by atoms with Crippen molar-refractivity contribution in [3.63, 3.8) is 0 Å². The van der Waals surface area contributed by atoms with Gasteiger partial charge < -0.3 is 19.4 Å². The number of aryl methyl sites for hydroxylation is 1. The van der Waals surface area contributed by atoms with E-state index in [-0.39, 0.29) is 5.41 Å². The minimum absolute atomic E-state index is 0.200. The van der Waals surface area contributed by atoms with Crippen LogP contribution in [0.15, 0.2) is 35.2 Å². The Kier molecular flexibility index (Phi) is 10.9. The maximum Gasteiger partial charge on any atom is 0.490 e. The van der Waals surface area contributed by atoms with Gasteiger partial charge in [-0.1, -0.05) is 6.92 Å². The van der Waals surface area contributed by atoms with E-state index in [1.165, 1.54) is 5.56 Å². The number of ether oxygens (including phenoxy) is 1. The lowest BCUT2D eigenvalue weighted by Crippen LogP contribution is -2.43. The van der Waals surface area contributed by atoms with E-state index in [9.17, 15) is 26.3 Å². The van der Waals surface area contributed by atoms with E-state index in [1.807, 2.05) is 24.0 Å². The predicted molar refractivity (Wildman–Crippen MR) is 122 cm³/mol. The Bertz CT molecular complexity index is 1030. The summed E-state index contributed by atoms with van der Waals surface area (Å²) in [5.74, 6) is -3.86. The van der Waals surface area contributed by atoms with E-state index >= 15 is 0 Å². The van der Waals surface area contributed by atoms with Crippen LogP contribution in [0.4, 0.5) is 26.3 Å². The van der Waals surface area contributed by atoms with Gasteiger partial charge in [-0.15, -0.1) is 0 Å². The number of carboxylic acids is 2. The van der Waals surface area contributed by atoms with Crippen molar-refractivity contribution in [1.82, 2.24) is 19.6 Å². The van der Waals surface area contributed by atoms with Crippen molar-refractivity contribution in [2.24, 2.45) is 18.4 Å². The average Bonchev–Trinajstić information content (AvgIpc) is 3.49. The molecule has 16 heteroatoms.